The molecule has 0 saturated carbocycles. The van der Waals surface area contributed by atoms with E-state index in [0.29, 0.717) is 22.6 Å². The van der Waals surface area contributed by atoms with Crippen molar-refractivity contribution >= 4 is 11.9 Å². The average molecular weight is 340 g/mol. The van der Waals surface area contributed by atoms with E-state index in [1.807, 2.05) is 0 Å². The largest absolute Gasteiger partial charge is 0.497 e. The SMILES string of the molecule is COc1ccc([C@@]2(C)C(=O)OC(=O)[C@]2(C)c2ccc(OC)cc2)cc1. The van der Waals surface area contributed by atoms with Crippen molar-refractivity contribution < 1.29 is 23.8 Å². The highest BCUT2D eigenvalue weighted by Crippen LogP contribution is 2.50. The molecule has 0 bridgehead atoms. The smallest absolute Gasteiger partial charge is 0.325 e. The van der Waals surface area contributed by atoms with Crippen molar-refractivity contribution in [2.24, 2.45) is 0 Å². The number of cyclic esters (lactones) is 2. The Morgan fingerprint density at radius 2 is 1.00 bits per heavy atom. The molecule has 1 fully saturated rings. The molecular weight excluding hydrogens is 320 g/mol. The van der Waals surface area contributed by atoms with Crippen LogP contribution in [-0.2, 0) is 25.2 Å². The van der Waals surface area contributed by atoms with Gasteiger partial charge < -0.3 is 14.2 Å². The van der Waals surface area contributed by atoms with E-state index in [4.69, 9.17) is 14.2 Å². The van der Waals surface area contributed by atoms with Crippen molar-refractivity contribution in [1.29, 1.82) is 0 Å². The van der Waals surface area contributed by atoms with E-state index in [1.165, 1.54) is 0 Å². The molecule has 1 aliphatic rings. The summed E-state index contributed by atoms with van der Waals surface area (Å²) >= 11 is 0. The van der Waals surface area contributed by atoms with E-state index in [1.54, 1.807) is 76.6 Å². The van der Waals surface area contributed by atoms with E-state index in [-0.39, 0.29) is 0 Å². The first-order valence-corrected chi connectivity index (χ1v) is 7.93. The second-order valence-corrected chi connectivity index (χ2v) is 6.38. The molecule has 25 heavy (non-hydrogen) atoms. The maximum Gasteiger partial charge on any atom is 0.325 e. The van der Waals surface area contributed by atoms with Crippen LogP contribution in [0.3, 0.4) is 0 Å². The van der Waals surface area contributed by atoms with Crippen molar-refractivity contribution in [3.8, 4) is 11.5 Å². The van der Waals surface area contributed by atoms with Crippen molar-refractivity contribution in [1.82, 2.24) is 0 Å². The molecule has 3 rings (SSSR count). The van der Waals surface area contributed by atoms with Gasteiger partial charge in [0.2, 0.25) is 0 Å². The van der Waals surface area contributed by atoms with E-state index < -0.39 is 22.8 Å². The van der Waals surface area contributed by atoms with Gasteiger partial charge >= 0.3 is 11.9 Å². The molecule has 0 spiro atoms. The average Bonchev–Trinajstić information content (AvgIpc) is 2.83. The molecule has 5 nitrogen and oxygen atoms in total. The molecule has 0 radical (unpaired) electrons. The lowest BCUT2D eigenvalue weighted by atomic mass is 9.60. The molecule has 130 valence electrons. The van der Waals surface area contributed by atoms with Gasteiger partial charge in [-0.15, -0.1) is 0 Å². The topological polar surface area (TPSA) is 61.8 Å². The number of benzene rings is 2. The van der Waals surface area contributed by atoms with Crippen molar-refractivity contribution in [2.45, 2.75) is 24.7 Å². The summed E-state index contributed by atoms with van der Waals surface area (Å²) in [5, 5.41) is 0. The summed E-state index contributed by atoms with van der Waals surface area (Å²) in [4.78, 5) is 25.3. The van der Waals surface area contributed by atoms with E-state index in [2.05, 4.69) is 0 Å². The number of ether oxygens (including phenoxy) is 3. The predicted octanol–water partition coefficient (Wildman–Crippen LogP) is 3.00. The number of esters is 2. The number of carbonyl (C=O) groups excluding carboxylic acids is 2. The van der Waals surface area contributed by atoms with Gasteiger partial charge in [-0.2, -0.15) is 0 Å². The zero-order chi connectivity index (χ0) is 18.2. The Labute approximate surface area is 146 Å². The minimum absolute atomic E-state index is 0.555. The highest BCUT2D eigenvalue weighted by molar-refractivity contribution is 6.08. The molecule has 0 N–H and O–H groups in total. The van der Waals surface area contributed by atoms with Gasteiger partial charge in [0.1, 0.15) is 22.3 Å². The van der Waals surface area contributed by atoms with Gasteiger partial charge in [-0.05, 0) is 49.2 Å². The van der Waals surface area contributed by atoms with Gasteiger partial charge in [0.25, 0.3) is 0 Å². The zero-order valence-corrected chi connectivity index (χ0v) is 14.7. The molecule has 0 aliphatic carbocycles. The molecule has 2 aromatic carbocycles. The molecule has 2 atom stereocenters. The van der Waals surface area contributed by atoms with E-state index in [0.717, 1.165) is 0 Å². The third-order valence-electron chi connectivity index (χ3n) is 5.34. The molecular formula is C20H20O5. The molecule has 5 heteroatoms. The van der Waals surface area contributed by atoms with Gasteiger partial charge in [-0.3, -0.25) is 9.59 Å². The van der Waals surface area contributed by atoms with Gasteiger partial charge in [0, 0.05) is 0 Å². The van der Waals surface area contributed by atoms with Crippen LogP contribution in [0.5, 0.6) is 11.5 Å². The van der Waals surface area contributed by atoms with E-state index >= 15 is 0 Å². The minimum atomic E-state index is -1.15. The maximum absolute atomic E-state index is 12.7. The normalized spacial score (nSPS) is 25.6. The number of hydrogen-bond acceptors (Lipinski definition) is 5. The summed E-state index contributed by atoms with van der Waals surface area (Å²) in [6.07, 6.45) is 0. The van der Waals surface area contributed by atoms with Crippen LogP contribution in [0.2, 0.25) is 0 Å². The summed E-state index contributed by atoms with van der Waals surface area (Å²) < 4.78 is 15.4. The predicted molar refractivity (Wildman–Crippen MR) is 91.8 cm³/mol. The van der Waals surface area contributed by atoms with Crippen LogP contribution in [0.4, 0.5) is 0 Å². The molecule has 1 heterocycles. The Balaban J connectivity index is 2.16. The lowest BCUT2D eigenvalue weighted by Crippen LogP contribution is -2.47. The Hall–Kier alpha value is -2.82. The Bertz CT molecular complexity index is 739. The first-order chi connectivity index (χ1) is 11.9. The minimum Gasteiger partial charge on any atom is -0.497 e. The maximum atomic E-state index is 12.7. The molecule has 0 aromatic heterocycles. The standard InChI is InChI=1S/C20H20O5/c1-19(13-5-9-15(23-3)10-6-13)17(21)25-18(22)20(19,2)14-7-11-16(24-4)12-8-14/h5-12H,1-4H3/t19-,20-/m0/s1. The number of hydrogen-bond donors (Lipinski definition) is 0. The third-order valence-corrected chi connectivity index (χ3v) is 5.34. The third kappa shape index (κ3) is 2.30. The first kappa shape index (κ1) is 17.0. The van der Waals surface area contributed by atoms with Crippen molar-refractivity contribution in [3.63, 3.8) is 0 Å². The highest BCUT2D eigenvalue weighted by Gasteiger charge is 2.64. The number of carbonyl (C=O) groups is 2. The van der Waals surface area contributed by atoms with Crippen LogP contribution >= 0.6 is 0 Å². The summed E-state index contributed by atoms with van der Waals surface area (Å²) in [7, 11) is 3.15. The fourth-order valence-corrected chi connectivity index (χ4v) is 3.36. The lowest BCUT2D eigenvalue weighted by molar-refractivity contribution is -0.154. The van der Waals surface area contributed by atoms with Crippen molar-refractivity contribution in [2.75, 3.05) is 14.2 Å². The fourth-order valence-electron chi connectivity index (χ4n) is 3.36. The Morgan fingerprint density at radius 3 is 1.28 bits per heavy atom. The fraction of sp³-hybridized carbons (Fsp3) is 0.300. The Morgan fingerprint density at radius 1 is 0.680 bits per heavy atom. The summed E-state index contributed by atoms with van der Waals surface area (Å²) in [5.74, 6) is 0.245. The summed E-state index contributed by atoms with van der Waals surface area (Å²) in [5.41, 5.74) is -0.902. The van der Waals surface area contributed by atoms with Gasteiger partial charge in [0.05, 0.1) is 14.2 Å². The van der Waals surface area contributed by atoms with Crippen LogP contribution in [0, 0.1) is 0 Å². The monoisotopic (exact) mass is 340 g/mol. The molecule has 2 aromatic rings. The number of rotatable bonds is 4. The molecule has 0 unspecified atom stereocenters. The second-order valence-electron chi connectivity index (χ2n) is 6.38. The highest BCUT2D eigenvalue weighted by atomic mass is 16.6. The summed E-state index contributed by atoms with van der Waals surface area (Å²) in [6.45, 7) is 3.48. The van der Waals surface area contributed by atoms with E-state index in [9.17, 15) is 9.59 Å². The number of methoxy groups -OCH3 is 2. The first-order valence-electron chi connectivity index (χ1n) is 7.93. The molecule has 0 amide bonds. The van der Waals surface area contributed by atoms with Crippen LogP contribution in [0.15, 0.2) is 48.5 Å². The van der Waals surface area contributed by atoms with Crippen LogP contribution in [0.25, 0.3) is 0 Å². The van der Waals surface area contributed by atoms with Crippen LogP contribution < -0.4 is 9.47 Å². The molecule has 1 aliphatic heterocycles. The van der Waals surface area contributed by atoms with Gasteiger partial charge in [0.15, 0.2) is 0 Å². The molecule has 1 saturated heterocycles. The zero-order valence-electron chi connectivity index (χ0n) is 14.7. The van der Waals surface area contributed by atoms with Crippen LogP contribution in [0.1, 0.15) is 25.0 Å². The van der Waals surface area contributed by atoms with Crippen LogP contribution in [-0.4, -0.2) is 26.2 Å². The quantitative estimate of drug-likeness (QED) is 0.632. The Kier molecular flexibility index (Phi) is 4.03. The van der Waals surface area contributed by atoms with Gasteiger partial charge in [-0.1, -0.05) is 24.3 Å². The second kappa shape index (κ2) is 5.92. The summed E-state index contributed by atoms with van der Waals surface area (Å²) in [6, 6.07) is 14.2. The van der Waals surface area contributed by atoms with Crippen molar-refractivity contribution in [3.05, 3.63) is 59.7 Å². The lowest BCUT2D eigenvalue weighted by Gasteiger charge is -2.35. The van der Waals surface area contributed by atoms with Gasteiger partial charge in [-0.25, -0.2) is 0 Å².